The minimum Gasteiger partial charge on any atom is -0.462 e. The Labute approximate surface area is 88.0 Å². The summed E-state index contributed by atoms with van der Waals surface area (Å²) in [5.74, 6) is -2.42. The second-order valence-corrected chi connectivity index (χ2v) is 2.79. The van der Waals surface area contributed by atoms with Crippen LogP contribution in [-0.4, -0.2) is 17.6 Å². The number of pyridine rings is 1. The number of aromatic nitrogens is 1. The van der Waals surface area contributed by atoms with Crippen LogP contribution in [0.3, 0.4) is 0 Å². The van der Waals surface area contributed by atoms with Crippen LogP contribution in [0, 0.1) is 5.95 Å². The second-order valence-electron chi connectivity index (χ2n) is 2.79. The van der Waals surface area contributed by atoms with Crippen LogP contribution in [0.15, 0.2) is 10.9 Å². The van der Waals surface area contributed by atoms with Gasteiger partial charge in [-0.3, -0.25) is 4.79 Å². The summed E-state index contributed by atoms with van der Waals surface area (Å²) in [5, 5.41) is 0. The van der Waals surface area contributed by atoms with E-state index in [4.69, 9.17) is 0 Å². The lowest BCUT2D eigenvalue weighted by Gasteiger charge is -2.07. The van der Waals surface area contributed by atoms with Gasteiger partial charge in [-0.25, -0.2) is 13.6 Å². The van der Waals surface area contributed by atoms with Crippen molar-refractivity contribution < 1.29 is 22.7 Å². The summed E-state index contributed by atoms with van der Waals surface area (Å²) < 4.78 is 42.0. The number of hydrogen-bond acceptors (Lipinski definition) is 3. The molecular formula is C9H8F3NO3. The zero-order valence-corrected chi connectivity index (χ0v) is 8.22. The molecule has 4 nitrogen and oxygen atoms in total. The van der Waals surface area contributed by atoms with Gasteiger partial charge < -0.3 is 9.72 Å². The van der Waals surface area contributed by atoms with E-state index in [0.717, 1.165) is 0 Å². The van der Waals surface area contributed by atoms with Gasteiger partial charge in [-0.1, -0.05) is 0 Å². The molecule has 0 aliphatic heterocycles. The Hall–Kier alpha value is -1.79. The van der Waals surface area contributed by atoms with Crippen LogP contribution < -0.4 is 5.43 Å². The van der Waals surface area contributed by atoms with E-state index in [-0.39, 0.29) is 6.61 Å². The summed E-state index contributed by atoms with van der Waals surface area (Å²) in [5.41, 5.74) is -3.06. The van der Waals surface area contributed by atoms with Crippen molar-refractivity contribution in [3.8, 4) is 0 Å². The van der Waals surface area contributed by atoms with E-state index >= 15 is 0 Å². The van der Waals surface area contributed by atoms with Gasteiger partial charge >= 0.3 is 5.97 Å². The molecule has 0 saturated carbocycles. The number of nitrogens with one attached hydrogen (secondary N) is 1. The smallest absolute Gasteiger partial charge is 0.344 e. The fourth-order valence-electron chi connectivity index (χ4n) is 1.12. The summed E-state index contributed by atoms with van der Waals surface area (Å²) >= 11 is 0. The van der Waals surface area contributed by atoms with Crippen molar-refractivity contribution in [3.05, 3.63) is 33.5 Å². The number of ether oxygens (including phenoxy) is 1. The monoisotopic (exact) mass is 235 g/mol. The largest absolute Gasteiger partial charge is 0.462 e. The van der Waals surface area contributed by atoms with Crippen LogP contribution >= 0.6 is 0 Å². The molecule has 0 radical (unpaired) electrons. The van der Waals surface area contributed by atoms with Gasteiger partial charge in [0.2, 0.25) is 0 Å². The number of hydrogen-bond donors (Lipinski definition) is 1. The first-order valence-corrected chi connectivity index (χ1v) is 4.35. The molecule has 16 heavy (non-hydrogen) atoms. The number of alkyl halides is 2. The van der Waals surface area contributed by atoms with Crippen molar-refractivity contribution in [2.45, 2.75) is 13.3 Å². The predicted octanol–water partition coefficient (Wildman–Crippen LogP) is 1.63. The van der Waals surface area contributed by atoms with Crippen LogP contribution in [-0.2, 0) is 4.74 Å². The van der Waals surface area contributed by atoms with Gasteiger partial charge in [0.15, 0.2) is 11.4 Å². The Balaban J connectivity index is 3.35. The molecule has 1 rings (SSSR count). The van der Waals surface area contributed by atoms with Gasteiger partial charge in [0.25, 0.3) is 6.43 Å². The number of H-pyrrole nitrogens is 1. The van der Waals surface area contributed by atoms with Crippen LogP contribution in [0.4, 0.5) is 13.2 Å². The topological polar surface area (TPSA) is 59.2 Å². The Morgan fingerprint density at radius 1 is 1.56 bits per heavy atom. The fraction of sp³-hybridized carbons (Fsp3) is 0.333. The SMILES string of the molecule is CCOC(=O)c1c(C(F)F)[nH]c(F)cc1=O. The normalized spacial score (nSPS) is 10.6. The maximum Gasteiger partial charge on any atom is 0.344 e. The lowest BCUT2D eigenvalue weighted by Crippen LogP contribution is -2.22. The Morgan fingerprint density at radius 3 is 2.69 bits per heavy atom. The molecule has 7 heteroatoms. The van der Waals surface area contributed by atoms with Crippen molar-refractivity contribution in [1.29, 1.82) is 0 Å². The third-order valence-corrected chi connectivity index (χ3v) is 1.73. The van der Waals surface area contributed by atoms with Crippen molar-refractivity contribution in [3.63, 3.8) is 0 Å². The Kier molecular flexibility index (Phi) is 3.70. The van der Waals surface area contributed by atoms with Gasteiger partial charge in [0, 0.05) is 6.07 Å². The zero-order chi connectivity index (χ0) is 12.3. The van der Waals surface area contributed by atoms with Crippen LogP contribution in [0.25, 0.3) is 0 Å². The molecule has 0 atom stereocenters. The molecule has 0 unspecified atom stereocenters. The first-order valence-electron chi connectivity index (χ1n) is 4.35. The molecule has 1 aromatic heterocycles. The van der Waals surface area contributed by atoms with Gasteiger partial charge in [0.1, 0.15) is 11.3 Å². The highest BCUT2D eigenvalue weighted by Crippen LogP contribution is 2.19. The van der Waals surface area contributed by atoms with E-state index in [1.54, 1.807) is 4.98 Å². The number of esters is 1. The molecule has 0 spiro atoms. The zero-order valence-electron chi connectivity index (χ0n) is 8.22. The van der Waals surface area contributed by atoms with Crippen molar-refractivity contribution in [2.24, 2.45) is 0 Å². The van der Waals surface area contributed by atoms with E-state index in [2.05, 4.69) is 4.74 Å². The molecule has 0 aromatic carbocycles. The number of carbonyl (C=O) groups is 1. The minimum absolute atomic E-state index is 0.0711. The predicted molar refractivity (Wildman–Crippen MR) is 47.9 cm³/mol. The fourth-order valence-corrected chi connectivity index (χ4v) is 1.12. The van der Waals surface area contributed by atoms with Gasteiger partial charge in [0.05, 0.1) is 6.61 Å². The van der Waals surface area contributed by atoms with Gasteiger partial charge in [-0.2, -0.15) is 4.39 Å². The van der Waals surface area contributed by atoms with E-state index in [1.807, 2.05) is 0 Å². The highest BCUT2D eigenvalue weighted by atomic mass is 19.3. The third-order valence-electron chi connectivity index (χ3n) is 1.73. The summed E-state index contributed by atoms with van der Waals surface area (Å²) in [6, 6.07) is 0.415. The molecule has 0 aliphatic carbocycles. The molecule has 0 saturated heterocycles. The van der Waals surface area contributed by atoms with Gasteiger partial charge in [-0.05, 0) is 6.92 Å². The average Bonchev–Trinajstić information content (AvgIpc) is 2.16. The third kappa shape index (κ3) is 2.41. The number of aromatic amines is 1. The molecular weight excluding hydrogens is 227 g/mol. The lowest BCUT2D eigenvalue weighted by molar-refractivity contribution is 0.0511. The summed E-state index contributed by atoms with van der Waals surface area (Å²) in [7, 11) is 0. The number of halogens is 3. The Bertz CT molecular complexity index is 456. The van der Waals surface area contributed by atoms with Crippen molar-refractivity contribution >= 4 is 5.97 Å². The summed E-state index contributed by atoms with van der Waals surface area (Å²) in [6.07, 6.45) is -3.16. The second kappa shape index (κ2) is 4.82. The molecule has 1 N–H and O–H groups in total. The van der Waals surface area contributed by atoms with Gasteiger partial charge in [-0.15, -0.1) is 0 Å². The molecule has 0 bridgehead atoms. The first kappa shape index (κ1) is 12.3. The maximum absolute atomic E-state index is 12.7. The van der Waals surface area contributed by atoms with E-state index in [0.29, 0.717) is 6.07 Å². The maximum atomic E-state index is 12.7. The number of carbonyl (C=O) groups excluding carboxylic acids is 1. The highest BCUT2D eigenvalue weighted by Gasteiger charge is 2.24. The summed E-state index contributed by atoms with van der Waals surface area (Å²) in [4.78, 5) is 24.0. The van der Waals surface area contributed by atoms with E-state index in [9.17, 15) is 22.8 Å². The molecule has 0 amide bonds. The van der Waals surface area contributed by atoms with Crippen molar-refractivity contribution in [1.82, 2.24) is 4.98 Å². The van der Waals surface area contributed by atoms with E-state index < -0.39 is 35.0 Å². The van der Waals surface area contributed by atoms with Crippen LogP contribution in [0.1, 0.15) is 29.4 Å². The average molecular weight is 235 g/mol. The summed E-state index contributed by atoms with van der Waals surface area (Å²) in [6.45, 7) is 1.38. The number of rotatable bonds is 3. The standard InChI is InChI=1S/C9H8F3NO3/c1-2-16-9(15)6-4(14)3-5(10)13-7(6)8(11)12/h3,8H,2H2,1H3,(H,13,14). The quantitative estimate of drug-likeness (QED) is 0.639. The Morgan fingerprint density at radius 2 is 2.19 bits per heavy atom. The molecule has 1 heterocycles. The van der Waals surface area contributed by atoms with Crippen molar-refractivity contribution in [2.75, 3.05) is 6.61 Å². The van der Waals surface area contributed by atoms with Crippen LogP contribution in [0.2, 0.25) is 0 Å². The van der Waals surface area contributed by atoms with Crippen LogP contribution in [0.5, 0.6) is 0 Å². The minimum atomic E-state index is -3.16. The molecule has 88 valence electrons. The molecule has 1 aromatic rings. The first-order chi connectivity index (χ1) is 7.47. The highest BCUT2D eigenvalue weighted by molar-refractivity contribution is 5.90. The van der Waals surface area contributed by atoms with E-state index in [1.165, 1.54) is 6.92 Å². The molecule has 0 aliphatic rings. The lowest BCUT2D eigenvalue weighted by atomic mass is 10.2. The molecule has 0 fully saturated rings.